The van der Waals surface area contributed by atoms with Gasteiger partial charge < -0.3 is 10.1 Å². The van der Waals surface area contributed by atoms with Crippen LogP contribution in [0.5, 0.6) is 5.75 Å². The Balaban J connectivity index is 1.73. The van der Waals surface area contributed by atoms with Gasteiger partial charge in [0.2, 0.25) is 0 Å². The van der Waals surface area contributed by atoms with E-state index in [9.17, 15) is 4.79 Å². The molecule has 1 amide bonds. The van der Waals surface area contributed by atoms with Gasteiger partial charge in [0.15, 0.2) is 0 Å². The van der Waals surface area contributed by atoms with Gasteiger partial charge in [0.25, 0.3) is 5.91 Å². The third-order valence-corrected chi connectivity index (χ3v) is 3.59. The first-order chi connectivity index (χ1) is 10.7. The van der Waals surface area contributed by atoms with E-state index in [1.807, 2.05) is 11.4 Å². The molecule has 0 spiro atoms. The molecular weight excluding hydrogens is 300 g/mol. The van der Waals surface area contributed by atoms with Crippen molar-refractivity contribution in [3.8, 4) is 5.75 Å². The average Bonchev–Trinajstić information content (AvgIpc) is 3.17. The number of aryl methyl sites for hydroxylation is 1. The maximum absolute atomic E-state index is 12.4. The van der Waals surface area contributed by atoms with E-state index in [1.165, 1.54) is 11.3 Å². The first-order valence-electron chi connectivity index (χ1n) is 6.61. The van der Waals surface area contributed by atoms with Crippen LogP contribution in [0.4, 0.5) is 5.69 Å². The summed E-state index contributed by atoms with van der Waals surface area (Å²) in [5.74, 6) is 0.291. The van der Waals surface area contributed by atoms with Gasteiger partial charge in [-0.1, -0.05) is 12.1 Å². The van der Waals surface area contributed by atoms with Crippen LogP contribution in [0, 0.1) is 0 Å². The zero-order valence-electron chi connectivity index (χ0n) is 11.9. The van der Waals surface area contributed by atoms with Crippen LogP contribution >= 0.6 is 11.3 Å². The monoisotopic (exact) mass is 314 g/mol. The summed E-state index contributed by atoms with van der Waals surface area (Å²) in [7, 11) is 1.79. The van der Waals surface area contributed by atoms with Gasteiger partial charge in [-0.2, -0.15) is 5.10 Å². The number of benzene rings is 1. The molecule has 2 heterocycles. The first-order valence-corrected chi connectivity index (χ1v) is 7.55. The molecule has 0 aliphatic heterocycles. The zero-order chi connectivity index (χ0) is 15.4. The molecule has 0 radical (unpaired) electrons. The van der Waals surface area contributed by atoms with Gasteiger partial charge in [-0.15, -0.1) is 11.3 Å². The van der Waals surface area contributed by atoms with Crippen molar-refractivity contribution >= 4 is 22.9 Å². The third-order valence-electron chi connectivity index (χ3n) is 2.95. The normalized spacial score (nSPS) is 10.4. The molecular formula is C15H14N4O2S. The smallest absolute Gasteiger partial charge is 0.259 e. The molecule has 0 aliphatic rings. The average molecular weight is 314 g/mol. The topological polar surface area (TPSA) is 69.0 Å². The second kappa shape index (κ2) is 6.40. The fourth-order valence-electron chi connectivity index (χ4n) is 1.92. The Morgan fingerprint density at radius 3 is 3.00 bits per heavy atom. The maximum atomic E-state index is 12.4. The van der Waals surface area contributed by atoms with Gasteiger partial charge in [0, 0.05) is 18.6 Å². The predicted octanol–water partition coefficient (Wildman–Crippen LogP) is 2.71. The lowest BCUT2D eigenvalue weighted by molar-refractivity contribution is 0.102. The number of thiazole rings is 1. The van der Waals surface area contributed by atoms with Gasteiger partial charge in [-0.3, -0.25) is 9.48 Å². The van der Waals surface area contributed by atoms with E-state index in [2.05, 4.69) is 15.4 Å². The molecule has 0 saturated heterocycles. The maximum Gasteiger partial charge on any atom is 0.259 e. The fraction of sp³-hybridized carbons (Fsp3) is 0.133. The first kappa shape index (κ1) is 14.3. The quantitative estimate of drug-likeness (QED) is 0.786. The minimum Gasteiger partial charge on any atom is -0.486 e. The summed E-state index contributed by atoms with van der Waals surface area (Å²) < 4.78 is 7.33. The Morgan fingerprint density at radius 2 is 2.27 bits per heavy atom. The van der Waals surface area contributed by atoms with Crippen molar-refractivity contribution in [2.45, 2.75) is 6.61 Å². The van der Waals surface area contributed by atoms with Crippen molar-refractivity contribution in [2.24, 2.45) is 7.05 Å². The van der Waals surface area contributed by atoms with Crippen molar-refractivity contribution in [1.29, 1.82) is 0 Å². The highest BCUT2D eigenvalue weighted by Crippen LogP contribution is 2.21. The van der Waals surface area contributed by atoms with E-state index in [0.29, 0.717) is 23.6 Å². The molecule has 0 atom stereocenters. The van der Waals surface area contributed by atoms with Crippen LogP contribution in [0.2, 0.25) is 0 Å². The Bertz CT molecular complexity index is 767. The molecule has 3 aromatic rings. The number of carbonyl (C=O) groups is 1. The molecule has 1 aromatic carbocycles. The van der Waals surface area contributed by atoms with E-state index in [0.717, 1.165) is 5.69 Å². The number of carbonyl (C=O) groups excluding carboxylic acids is 1. The van der Waals surface area contributed by atoms with Crippen LogP contribution in [-0.4, -0.2) is 20.7 Å². The Kier molecular flexibility index (Phi) is 4.15. The Morgan fingerprint density at radius 1 is 1.41 bits per heavy atom. The highest BCUT2D eigenvalue weighted by atomic mass is 32.1. The number of anilines is 1. The lowest BCUT2D eigenvalue weighted by Gasteiger charge is -2.10. The van der Waals surface area contributed by atoms with Crippen LogP contribution in [0.15, 0.2) is 47.5 Å². The molecule has 0 saturated carbocycles. The number of amides is 1. The highest BCUT2D eigenvalue weighted by molar-refractivity contribution is 7.07. The largest absolute Gasteiger partial charge is 0.486 e. The predicted molar refractivity (Wildman–Crippen MR) is 84.0 cm³/mol. The van der Waals surface area contributed by atoms with Gasteiger partial charge in [-0.05, 0) is 12.1 Å². The molecule has 112 valence electrons. The van der Waals surface area contributed by atoms with Gasteiger partial charge >= 0.3 is 0 Å². The van der Waals surface area contributed by atoms with Crippen molar-refractivity contribution in [3.05, 3.63) is 58.8 Å². The number of nitrogens with zero attached hydrogens (tertiary/aromatic N) is 3. The van der Waals surface area contributed by atoms with E-state index in [-0.39, 0.29) is 5.91 Å². The second-order valence-electron chi connectivity index (χ2n) is 4.62. The minimum absolute atomic E-state index is 0.234. The van der Waals surface area contributed by atoms with Crippen LogP contribution < -0.4 is 10.1 Å². The number of aromatic nitrogens is 3. The zero-order valence-corrected chi connectivity index (χ0v) is 12.7. The molecule has 3 rings (SSSR count). The number of para-hydroxylation sites is 1. The summed E-state index contributed by atoms with van der Waals surface area (Å²) in [6.45, 7) is 0.334. The second-order valence-corrected chi connectivity index (χ2v) is 5.34. The number of rotatable bonds is 5. The summed E-state index contributed by atoms with van der Waals surface area (Å²) in [6, 6.07) is 7.12. The van der Waals surface area contributed by atoms with Crippen molar-refractivity contribution in [1.82, 2.24) is 14.8 Å². The van der Waals surface area contributed by atoms with Crippen molar-refractivity contribution in [2.75, 3.05) is 5.32 Å². The summed E-state index contributed by atoms with van der Waals surface area (Å²) in [5, 5.41) is 8.73. The van der Waals surface area contributed by atoms with Crippen molar-refractivity contribution < 1.29 is 9.53 Å². The summed E-state index contributed by atoms with van der Waals surface area (Å²) in [6.07, 6.45) is 3.33. The summed E-state index contributed by atoms with van der Waals surface area (Å²) in [5.41, 5.74) is 3.70. The van der Waals surface area contributed by atoms with E-state index >= 15 is 0 Å². The number of nitrogens with one attached hydrogen (secondary N) is 1. The standard InChI is InChI=1S/C15H14N4O2S/c1-19-7-11(6-17-19)18-15(20)13-4-2-3-5-14(13)21-8-12-9-22-10-16-12/h2-7,9-10H,8H2,1H3,(H,18,20). The Labute approximate surface area is 131 Å². The number of hydrogen-bond donors (Lipinski definition) is 1. The highest BCUT2D eigenvalue weighted by Gasteiger charge is 2.13. The molecule has 0 bridgehead atoms. The minimum atomic E-state index is -0.234. The molecule has 1 N–H and O–H groups in total. The van der Waals surface area contributed by atoms with Crippen LogP contribution in [0.1, 0.15) is 16.1 Å². The SMILES string of the molecule is Cn1cc(NC(=O)c2ccccc2OCc2cscn2)cn1. The van der Waals surface area contributed by atoms with Crippen molar-refractivity contribution in [3.63, 3.8) is 0 Å². The molecule has 7 heteroatoms. The molecule has 0 aliphatic carbocycles. The molecule has 2 aromatic heterocycles. The Hall–Kier alpha value is -2.67. The van der Waals surface area contributed by atoms with Crippen LogP contribution in [-0.2, 0) is 13.7 Å². The number of ether oxygens (including phenoxy) is 1. The van der Waals surface area contributed by atoms with E-state index < -0.39 is 0 Å². The molecule has 0 unspecified atom stereocenters. The van der Waals surface area contributed by atoms with E-state index in [1.54, 1.807) is 47.8 Å². The van der Waals surface area contributed by atoms with Crippen LogP contribution in [0.3, 0.4) is 0 Å². The van der Waals surface area contributed by atoms with E-state index in [4.69, 9.17) is 4.74 Å². The van der Waals surface area contributed by atoms with Gasteiger partial charge in [-0.25, -0.2) is 4.98 Å². The molecule has 22 heavy (non-hydrogen) atoms. The molecule has 6 nitrogen and oxygen atoms in total. The fourth-order valence-corrected chi connectivity index (χ4v) is 2.47. The summed E-state index contributed by atoms with van der Waals surface area (Å²) in [4.78, 5) is 16.5. The third kappa shape index (κ3) is 3.32. The lowest BCUT2D eigenvalue weighted by Crippen LogP contribution is -2.13. The number of hydrogen-bond acceptors (Lipinski definition) is 5. The lowest BCUT2D eigenvalue weighted by atomic mass is 10.2. The molecule has 0 fully saturated rings. The van der Waals surface area contributed by atoms with Gasteiger partial charge in [0.05, 0.1) is 28.7 Å². The van der Waals surface area contributed by atoms with Gasteiger partial charge in [0.1, 0.15) is 12.4 Å². The van der Waals surface area contributed by atoms with Crippen LogP contribution in [0.25, 0.3) is 0 Å². The summed E-state index contributed by atoms with van der Waals surface area (Å²) >= 11 is 1.51.